The van der Waals surface area contributed by atoms with E-state index in [1.807, 2.05) is 12.1 Å². The molecular formula is C18H21FN2O3S. The number of anilines is 2. The summed E-state index contributed by atoms with van der Waals surface area (Å²) in [6.45, 7) is 1.81. The third kappa shape index (κ3) is 4.42. The lowest BCUT2D eigenvalue weighted by molar-refractivity contribution is 0.306. The van der Waals surface area contributed by atoms with E-state index < -0.39 is 10.0 Å². The third-order valence-corrected chi connectivity index (χ3v) is 4.69. The number of para-hydroxylation sites is 1. The summed E-state index contributed by atoms with van der Waals surface area (Å²) in [6.07, 6.45) is 2.89. The Kier molecular flexibility index (Phi) is 5.13. The molecule has 3 rings (SSSR count). The number of hydrogen-bond donors (Lipinski definition) is 1. The number of sulfonamides is 1. The van der Waals surface area contributed by atoms with Crippen LogP contribution in [0.5, 0.6) is 5.75 Å². The summed E-state index contributed by atoms with van der Waals surface area (Å²) in [5.41, 5.74) is 2.61. The minimum atomic E-state index is -3.32. The SMILES string of the molecule is CS(=O)(=O)Nc1cccc2c1CCCN2CCOc1ccccc1F. The summed E-state index contributed by atoms with van der Waals surface area (Å²) >= 11 is 0. The number of nitrogens with one attached hydrogen (secondary N) is 1. The Morgan fingerprint density at radius 1 is 1.20 bits per heavy atom. The van der Waals surface area contributed by atoms with Gasteiger partial charge in [0.1, 0.15) is 6.61 Å². The van der Waals surface area contributed by atoms with Gasteiger partial charge in [0.05, 0.1) is 18.5 Å². The molecule has 134 valence electrons. The van der Waals surface area contributed by atoms with Crippen molar-refractivity contribution in [3.63, 3.8) is 0 Å². The minimum absolute atomic E-state index is 0.243. The lowest BCUT2D eigenvalue weighted by Gasteiger charge is -2.32. The van der Waals surface area contributed by atoms with Crippen LogP contribution in [0.4, 0.5) is 15.8 Å². The maximum Gasteiger partial charge on any atom is 0.229 e. The van der Waals surface area contributed by atoms with Crippen LogP contribution >= 0.6 is 0 Å². The first kappa shape index (κ1) is 17.5. The first-order valence-corrected chi connectivity index (χ1v) is 10.0. The Balaban J connectivity index is 1.71. The highest BCUT2D eigenvalue weighted by molar-refractivity contribution is 7.92. The zero-order valence-electron chi connectivity index (χ0n) is 14.0. The van der Waals surface area contributed by atoms with E-state index in [1.54, 1.807) is 24.3 Å². The smallest absolute Gasteiger partial charge is 0.229 e. The van der Waals surface area contributed by atoms with E-state index >= 15 is 0 Å². The molecule has 0 aliphatic carbocycles. The second kappa shape index (κ2) is 7.31. The van der Waals surface area contributed by atoms with E-state index in [1.165, 1.54) is 6.07 Å². The Morgan fingerprint density at radius 2 is 2.00 bits per heavy atom. The van der Waals surface area contributed by atoms with Crippen LogP contribution in [0.3, 0.4) is 0 Å². The number of benzene rings is 2. The summed E-state index contributed by atoms with van der Waals surface area (Å²) in [6, 6.07) is 11.9. The van der Waals surface area contributed by atoms with Crippen molar-refractivity contribution in [3.05, 3.63) is 53.8 Å². The first-order chi connectivity index (χ1) is 11.9. The normalized spacial score (nSPS) is 14.1. The molecule has 0 radical (unpaired) electrons. The molecule has 0 atom stereocenters. The van der Waals surface area contributed by atoms with Crippen LogP contribution < -0.4 is 14.4 Å². The molecule has 0 bridgehead atoms. The van der Waals surface area contributed by atoms with Gasteiger partial charge < -0.3 is 9.64 Å². The molecule has 2 aromatic carbocycles. The van der Waals surface area contributed by atoms with Crippen molar-refractivity contribution in [1.82, 2.24) is 0 Å². The quantitative estimate of drug-likeness (QED) is 0.856. The fourth-order valence-electron chi connectivity index (χ4n) is 3.06. The summed E-state index contributed by atoms with van der Waals surface area (Å²) in [4.78, 5) is 2.15. The summed E-state index contributed by atoms with van der Waals surface area (Å²) in [7, 11) is -3.32. The van der Waals surface area contributed by atoms with Crippen LogP contribution in [0.1, 0.15) is 12.0 Å². The van der Waals surface area contributed by atoms with Crippen LogP contribution in [0.25, 0.3) is 0 Å². The molecule has 1 aliphatic heterocycles. The van der Waals surface area contributed by atoms with Crippen molar-refractivity contribution in [2.45, 2.75) is 12.8 Å². The standard InChI is InChI=1S/C18H21FN2O3S/c1-25(22,23)20-16-8-4-9-17-14(16)6-5-11-21(17)12-13-24-18-10-3-2-7-15(18)19/h2-4,7-10,20H,5-6,11-13H2,1H3. The average molecular weight is 364 g/mol. The monoisotopic (exact) mass is 364 g/mol. The van der Waals surface area contributed by atoms with E-state index in [2.05, 4.69) is 9.62 Å². The van der Waals surface area contributed by atoms with Gasteiger partial charge in [-0.25, -0.2) is 12.8 Å². The van der Waals surface area contributed by atoms with E-state index in [9.17, 15) is 12.8 Å². The third-order valence-electron chi connectivity index (χ3n) is 4.10. The fraction of sp³-hybridized carbons (Fsp3) is 0.333. The molecule has 0 amide bonds. The van der Waals surface area contributed by atoms with Crippen LogP contribution in [-0.4, -0.2) is 34.4 Å². The number of halogens is 1. The average Bonchev–Trinajstić information content (AvgIpc) is 2.56. The fourth-order valence-corrected chi connectivity index (χ4v) is 3.65. The Morgan fingerprint density at radius 3 is 2.76 bits per heavy atom. The molecule has 0 spiro atoms. The zero-order chi connectivity index (χ0) is 17.9. The Bertz CT molecular complexity index is 855. The van der Waals surface area contributed by atoms with E-state index in [4.69, 9.17) is 4.74 Å². The molecule has 0 saturated heterocycles. The van der Waals surface area contributed by atoms with E-state index in [0.717, 1.165) is 36.9 Å². The van der Waals surface area contributed by atoms with Gasteiger partial charge in [0.2, 0.25) is 10.0 Å². The molecular weight excluding hydrogens is 343 g/mol. The lowest BCUT2D eigenvalue weighted by atomic mass is 10.00. The topological polar surface area (TPSA) is 58.6 Å². The maximum atomic E-state index is 13.6. The van der Waals surface area contributed by atoms with E-state index in [-0.39, 0.29) is 11.6 Å². The second-order valence-corrected chi connectivity index (χ2v) is 7.80. The van der Waals surface area contributed by atoms with Gasteiger partial charge in [-0.05, 0) is 42.7 Å². The maximum absolute atomic E-state index is 13.6. The van der Waals surface area contributed by atoms with Crippen LogP contribution in [0, 0.1) is 5.82 Å². The first-order valence-electron chi connectivity index (χ1n) is 8.16. The van der Waals surface area contributed by atoms with Crippen molar-refractivity contribution in [2.24, 2.45) is 0 Å². The highest BCUT2D eigenvalue weighted by atomic mass is 32.2. The molecule has 25 heavy (non-hydrogen) atoms. The van der Waals surface area contributed by atoms with Crippen molar-refractivity contribution in [2.75, 3.05) is 35.6 Å². The van der Waals surface area contributed by atoms with Gasteiger partial charge in [-0.3, -0.25) is 4.72 Å². The van der Waals surface area contributed by atoms with Crippen LogP contribution in [-0.2, 0) is 16.4 Å². The van der Waals surface area contributed by atoms with Crippen LogP contribution in [0.2, 0.25) is 0 Å². The highest BCUT2D eigenvalue weighted by Gasteiger charge is 2.20. The minimum Gasteiger partial charge on any atom is -0.489 e. The highest BCUT2D eigenvalue weighted by Crippen LogP contribution is 2.33. The summed E-state index contributed by atoms with van der Waals surface area (Å²) < 4.78 is 44.8. The van der Waals surface area contributed by atoms with Crippen molar-refractivity contribution >= 4 is 21.4 Å². The summed E-state index contributed by atoms with van der Waals surface area (Å²) in [5.74, 6) is -0.131. The van der Waals surface area contributed by atoms with Gasteiger partial charge in [0.25, 0.3) is 0 Å². The predicted molar refractivity (Wildman–Crippen MR) is 97.3 cm³/mol. The molecule has 5 nitrogen and oxygen atoms in total. The van der Waals surface area contributed by atoms with Gasteiger partial charge in [-0.1, -0.05) is 18.2 Å². The number of nitrogens with zero attached hydrogens (tertiary/aromatic N) is 1. The zero-order valence-corrected chi connectivity index (χ0v) is 14.9. The van der Waals surface area contributed by atoms with Crippen molar-refractivity contribution in [1.29, 1.82) is 0 Å². The second-order valence-electron chi connectivity index (χ2n) is 6.05. The molecule has 1 heterocycles. The van der Waals surface area contributed by atoms with Gasteiger partial charge in [0, 0.05) is 12.2 Å². The number of hydrogen-bond acceptors (Lipinski definition) is 4. The number of ether oxygens (including phenoxy) is 1. The lowest BCUT2D eigenvalue weighted by Crippen LogP contribution is -2.33. The van der Waals surface area contributed by atoms with E-state index in [0.29, 0.717) is 18.8 Å². The molecule has 0 aromatic heterocycles. The predicted octanol–water partition coefficient (Wildman–Crippen LogP) is 3.03. The molecule has 1 aliphatic rings. The Hall–Kier alpha value is -2.28. The molecule has 0 saturated carbocycles. The Labute approximate surface area is 147 Å². The largest absolute Gasteiger partial charge is 0.489 e. The van der Waals surface area contributed by atoms with Crippen molar-refractivity contribution in [3.8, 4) is 5.75 Å². The molecule has 2 aromatic rings. The van der Waals surface area contributed by atoms with Crippen LogP contribution in [0.15, 0.2) is 42.5 Å². The molecule has 0 fully saturated rings. The number of fused-ring (bicyclic) bond motifs is 1. The van der Waals surface area contributed by atoms with Gasteiger partial charge in [0.15, 0.2) is 11.6 Å². The molecule has 0 unspecified atom stereocenters. The summed E-state index contributed by atoms with van der Waals surface area (Å²) in [5, 5.41) is 0. The molecule has 7 heteroatoms. The molecule has 1 N–H and O–H groups in total. The number of rotatable bonds is 6. The van der Waals surface area contributed by atoms with Gasteiger partial charge in [-0.15, -0.1) is 0 Å². The van der Waals surface area contributed by atoms with Gasteiger partial charge in [-0.2, -0.15) is 0 Å². The van der Waals surface area contributed by atoms with Crippen molar-refractivity contribution < 1.29 is 17.5 Å². The van der Waals surface area contributed by atoms with Gasteiger partial charge >= 0.3 is 0 Å².